The lowest BCUT2D eigenvalue weighted by Crippen LogP contribution is -2.53. The Morgan fingerprint density at radius 1 is 1.47 bits per heavy atom. The van der Waals surface area contributed by atoms with Crippen molar-refractivity contribution < 1.29 is 14.3 Å². The van der Waals surface area contributed by atoms with Crippen LogP contribution in [0, 0.1) is 5.41 Å². The normalized spacial score (nSPS) is 21.1. The van der Waals surface area contributed by atoms with Gasteiger partial charge in [0.25, 0.3) is 0 Å². The summed E-state index contributed by atoms with van der Waals surface area (Å²) < 4.78 is 5.27. The minimum absolute atomic E-state index is 0. The van der Waals surface area contributed by atoms with Crippen LogP contribution in [-0.2, 0) is 14.3 Å². The smallest absolute Gasteiger partial charge is 0.240 e. The van der Waals surface area contributed by atoms with Crippen molar-refractivity contribution in [3.63, 3.8) is 0 Å². The SMILES string of the molecule is CC(C)(C)C(NC(=O)CC1COCCN1)C(N)=O.Cl. The van der Waals surface area contributed by atoms with Gasteiger partial charge in [-0.25, -0.2) is 0 Å². The van der Waals surface area contributed by atoms with Gasteiger partial charge in [-0.3, -0.25) is 9.59 Å². The number of carbonyl (C=O) groups is 2. The van der Waals surface area contributed by atoms with Gasteiger partial charge in [0.2, 0.25) is 11.8 Å². The molecular weight excluding hydrogens is 270 g/mol. The highest BCUT2D eigenvalue weighted by molar-refractivity contribution is 5.87. The summed E-state index contributed by atoms with van der Waals surface area (Å²) in [5.74, 6) is -0.694. The van der Waals surface area contributed by atoms with E-state index in [0.717, 1.165) is 6.54 Å². The highest BCUT2D eigenvalue weighted by Crippen LogP contribution is 2.19. The van der Waals surface area contributed by atoms with Crippen molar-refractivity contribution in [1.29, 1.82) is 0 Å². The second-order valence-electron chi connectivity index (χ2n) is 5.70. The number of morpholine rings is 1. The van der Waals surface area contributed by atoms with Gasteiger partial charge in [0.1, 0.15) is 6.04 Å². The van der Waals surface area contributed by atoms with Crippen LogP contribution in [0.25, 0.3) is 0 Å². The van der Waals surface area contributed by atoms with Crippen molar-refractivity contribution in [3.8, 4) is 0 Å². The number of primary amides is 1. The van der Waals surface area contributed by atoms with Crippen molar-refractivity contribution in [1.82, 2.24) is 10.6 Å². The third-order valence-corrected chi connectivity index (χ3v) is 2.89. The maximum Gasteiger partial charge on any atom is 0.240 e. The number of nitrogens with two attached hydrogens (primary N) is 1. The zero-order valence-corrected chi connectivity index (χ0v) is 12.5. The van der Waals surface area contributed by atoms with Crippen molar-refractivity contribution in [2.45, 2.75) is 39.3 Å². The van der Waals surface area contributed by atoms with Gasteiger partial charge in [-0.2, -0.15) is 0 Å². The maximum atomic E-state index is 11.9. The summed E-state index contributed by atoms with van der Waals surface area (Å²) in [5.41, 5.74) is 4.92. The van der Waals surface area contributed by atoms with E-state index in [1.54, 1.807) is 0 Å². The molecule has 1 saturated heterocycles. The minimum atomic E-state index is -0.658. The summed E-state index contributed by atoms with van der Waals surface area (Å²) in [5, 5.41) is 5.88. The zero-order chi connectivity index (χ0) is 13.8. The molecule has 6 nitrogen and oxygen atoms in total. The molecule has 2 amide bonds. The zero-order valence-electron chi connectivity index (χ0n) is 11.7. The van der Waals surface area contributed by atoms with Crippen molar-refractivity contribution in [2.75, 3.05) is 19.8 Å². The predicted octanol–water partition coefficient (Wildman–Crippen LogP) is -0.197. The van der Waals surface area contributed by atoms with Crippen LogP contribution >= 0.6 is 12.4 Å². The lowest BCUT2D eigenvalue weighted by atomic mass is 9.86. The van der Waals surface area contributed by atoms with Gasteiger partial charge in [-0.1, -0.05) is 20.8 Å². The molecule has 1 aliphatic heterocycles. The van der Waals surface area contributed by atoms with Crippen molar-refractivity contribution >= 4 is 24.2 Å². The Hall–Kier alpha value is -0.850. The first-order valence-corrected chi connectivity index (χ1v) is 6.20. The lowest BCUT2D eigenvalue weighted by molar-refractivity contribution is -0.130. The Kier molecular flexibility index (Phi) is 7.33. The van der Waals surface area contributed by atoms with Crippen LogP contribution in [0.15, 0.2) is 0 Å². The number of nitrogens with one attached hydrogen (secondary N) is 2. The first-order chi connectivity index (χ1) is 8.30. The Morgan fingerprint density at radius 2 is 2.11 bits per heavy atom. The Morgan fingerprint density at radius 3 is 2.53 bits per heavy atom. The van der Waals surface area contributed by atoms with Crippen LogP contribution in [-0.4, -0.2) is 43.7 Å². The highest BCUT2D eigenvalue weighted by Gasteiger charge is 2.31. The Balaban J connectivity index is 0.00000324. The van der Waals surface area contributed by atoms with Crippen LogP contribution in [0.4, 0.5) is 0 Å². The molecule has 0 aromatic rings. The first kappa shape index (κ1) is 18.1. The van der Waals surface area contributed by atoms with Gasteiger partial charge in [0, 0.05) is 19.0 Å². The average molecular weight is 294 g/mol. The number of hydrogen-bond acceptors (Lipinski definition) is 4. The minimum Gasteiger partial charge on any atom is -0.378 e. The van der Waals surface area contributed by atoms with E-state index in [1.165, 1.54) is 0 Å². The molecule has 19 heavy (non-hydrogen) atoms. The van der Waals surface area contributed by atoms with Gasteiger partial charge in [0.05, 0.1) is 13.2 Å². The van der Waals surface area contributed by atoms with Crippen LogP contribution in [0.5, 0.6) is 0 Å². The fourth-order valence-electron chi connectivity index (χ4n) is 1.91. The van der Waals surface area contributed by atoms with Gasteiger partial charge >= 0.3 is 0 Å². The van der Waals surface area contributed by atoms with Gasteiger partial charge in [-0.05, 0) is 5.41 Å². The summed E-state index contributed by atoms with van der Waals surface area (Å²) in [7, 11) is 0. The molecule has 0 saturated carbocycles. The summed E-state index contributed by atoms with van der Waals surface area (Å²) in [6.45, 7) is 7.53. The van der Waals surface area contributed by atoms with Crippen molar-refractivity contribution in [3.05, 3.63) is 0 Å². The fraction of sp³-hybridized carbons (Fsp3) is 0.833. The maximum absolute atomic E-state index is 11.9. The molecule has 0 aromatic heterocycles. The van der Waals surface area contributed by atoms with E-state index in [9.17, 15) is 9.59 Å². The van der Waals surface area contributed by atoms with E-state index in [4.69, 9.17) is 10.5 Å². The molecule has 112 valence electrons. The lowest BCUT2D eigenvalue weighted by Gasteiger charge is -2.30. The number of hydrogen-bond donors (Lipinski definition) is 3. The number of carbonyl (C=O) groups excluding carboxylic acids is 2. The molecule has 2 unspecified atom stereocenters. The van der Waals surface area contributed by atoms with E-state index in [1.807, 2.05) is 20.8 Å². The van der Waals surface area contributed by atoms with E-state index in [0.29, 0.717) is 19.6 Å². The van der Waals surface area contributed by atoms with E-state index < -0.39 is 17.4 Å². The Labute approximate surface area is 120 Å². The fourth-order valence-corrected chi connectivity index (χ4v) is 1.91. The summed E-state index contributed by atoms with van der Waals surface area (Å²) >= 11 is 0. The largest absolute Gasteiger partial charge is 0.378 e. The number of ether oxygens (including phenoxy) is 1. The quantitative estimate of drug-likeness (QED) is 0.669. The van der Waals surface area contributed by atoms with E-state index in [2.05, 4.69) is 10.6 Å². The van der Waals surface area contributed by atoms with Crippen LogP contribution in [0.3, 0.4) is 0 Å². The molecule has 0 aliphatic carbocycles. The van der Waals surface area contributed by atoms with Crippen LogP contribution in [0.1, 0.15) is 27.2 Å². The molecule has 1 aliphatic rings. The molecule has 0 spiro atoms. The molecule has 7 heteroatoms. The first-order valence-electron chi connectivity index (χ1n) is 6.20. The van der Waals surface area contributed by atoms with E-state index >= 15 is 0 Å². The molecule has 1 rings (SSSR count). The third kappa shape index (κ3) is 6.22. The molecular formula is C12H24ClN3O3. The average Bonchev–Trinajstić information content (AvgIpc) is 2.25. The van der Waals surface area contributed by atoms with Crippen LogP contribution < -0.4 is 16.4 Å². The number of rotatable bonds is 4. The number of halogens is 1. The summed E-state index contributed by atoms with van der Waals surface area (Å²) in [4.78, 5) is 23.2. The molecule has 0 bridgehead atoms. The molecule has 1 fully saturated rings. The monoisotopic (exact) mass is 293 g/mol. The van der Waals surface area contributed by atoms with E-state index in [-0.39, 0.29) is 24.4 Å². The standard InChI is InChI=1S/C12H23N3O3.ClH/c1-12(2,3)10(11(13)17)15-9(16)6-8-7-18-5-4-14-8;/h8,10,14H,4-7H2,1-3H3,(H2,13,17)(H,15,16);1H. The predicted molar refractivity (Wildman–Crippen MR) is 75.1 cm³/mol. The highest BCUT2D eigenvalue weighted by atomic mass is 35.5. The summed E-state index contributed by atoms with van der Waals surface area (Å²) in [6.07, 6.45) is 0.292. The van der Waals surface area contributed by atoms with Gasteiger partial charge in [0.15, 0.2) is 0 Å². The van der Waals surface area contributed by atoms with Crippen LogP contribution in [0.2, 0.25) is 0 Å². The molecule has 4 N–H and O–H groups in total. The van der Waals surface area contributed by atoms with Gasteiger partial charge < -0.3 is 21.1 Å². The molecule has 2 atom stereocenters. The molecule has 1 heterocycles. The van der Waals surface area contributed by atoms with Gasteiger partial charge in [-0.15, -0.1) is 12.4 Å². The third-order valence-electron chi connectivity index (χ3n) is 2.89. The molecule has 0 radical (unpaired) electrons. The molecule has 0 aromatic carbocycles. The topological polar surface area (TPSA) is 93.4 Å². The second kappa shape index (κ2) is 7.67. The number of amides is 2. The Bertz CT molecular complexity index is 312. The second-order valence-corrected chi connectivity index (χ2v) is 5.70. The van der Waals surface area contributed by atoms with Crippen molar-refractivity contribution in [2.24, 2.45) is 11.1 Å². The summed E-state index contributed by atoms with van der Waals surface area (Å²) in [6, 6.07) is -0.651.